The van der Waals surface area contributed by atoms with E-state index in [1.807, 2.05) is 48.7 Å². The first kappa shape index (κ1) is 18.7. The number of carbonyl (C=O) groups excluding carboxylic acids is 2. The van der Waals surface area contributed by atoms with E-state index in [1.165, 1.54) is 0 Å². The summed E-state index contributed by atoms with van der Waals surface area (Å²) in [6.07, 6.45) is 3.69. The van der Waals surface area contributed by atoms with Gasteiger partial charge in [-0.1, -0.05) is 28.1 Å². The number of nitrogens with one attached hydrogen (secondary N) is 2. The van der Waals surface area contributed by atoms with Gasteiger partial charge < -0.3 is 4.74 Å². The Morgan fingerprint density at radius 1 is 1.00 bits per heavy atom. The normalized spacial score (nSPS) is 10.3. The van der Waals surface area contributed by atoms with E-state index in [2.05, 4.69) is 31.9 Å². The Hall–Kier alpha value is -3.13. The maximum absolute atomic E-state index is 12.0. The standard InChI is InChI=1S/C19H17BrN4O3/c20-15-4-8-17(9-5-15)27-13-19(26)23-22-18(25)12-14-2-6-16(7-3-14)24-11-1-10-21-24/h1-11H,12-13H2,(H,22,25)(H,23,26). The fourth-order valence-corrected chi connectivity index (χ4v) is 2.54. The van der Waals surface area contributed by atoms with Crippen LogP contribution in [0.4, 0.5) is 0 Å². The largest absolute Gasteiger partial charge is 0.484 e. The molecular formula is C19H17BrN4O3. The van der Waals surface area contributed by atoms with E-state index in [-0.39, 0.29) is 18.9 Å². The van der Waals surface area contributed by atoms with Crippen LogP contribution in [0.25, 0.3) is 5.69 Å². The topological polar surface area (TPSA) is 85.3 Å². The monoisotopic (exact) mass is 428 g/mol. The lowest BCUT2D eigenvalue weighted by molar-refractivity contribution is -0.129. The van der Waals surface area contributed by atoms with Gasteiger partial charge in [0.2, 0.25) is 5.91 Å². The molecule has 0 atom stereocenters. The molecule has 138 valence electrons. The van der Waals surface area contributed by atoms with Gasteiger partial charge >= 0.3 is 0 Å². The Morgan fingerprint density at radius 2 is 1.70 bits per heavy atom. The molecule has 0 aliphatic heterocycles. The van der Waals surface area contributed by atoms with E-state index in [4.69, 9.17) is 4.74 Å². The number of halogens is 1. The summed E-state index contributed by atoms with van der Waals surface area (Å²) < 4.78 is 7.98. The fourth-order valence-electron chi connectivity index (χ4n) is 2.27. The minimum absolute atomic E-state index is 0.146. The zero-order chi connectivity index (χ0) is 19.1. The molecule has 0 radical (unpaired) electrons. The number of hydrogen-bond donors (Lipinski definition) is 2. The van der Waals surface area contributed by atoms with Crippen LogP contribution < -0.4 is 15.6 Å². The van der Waals surface area contributed by atoms with E-state index in [1.54, 1.807) is 23.0 Å². The maximum atomic E-state index is 12.0. The van der Waals surface area contributed by atoms with Gasteiger partial charge in [-0.15, -0.1) is 0 Å². The highest BCUT2D eigenvalue weighted by Crippen LogP contribution is 2.15. The molecule has 8 heteroatoms. The third-order valence-electron chi connectivity index (χ3n) is 3.59. The number of aromatic nitrogens is 2. The third-order valence-corrected chi connectivity index (χ3v) is 4.12. The van der Waals surface area contributed by atoms with Crippen molar-refractivity contribution in [2.75, 3.05) is 6.61 Å². The molecule has 0 unspecified atom stereocenters. The van der Waals surface area contributed by atoms with Crippen molar-refractivity contribution in [2.45, 2.75) is 6.42 Å². The highest BCUT2D eigenvalue weighted by atomic mass is 79.9. The summed E-state index contributed by atoms with van der Waals surface area (Å²) in [6, 6.07) is 16.4. The van der Waals surface area contributed by atoms with Crippen LogP contribution in [0, 0.1) is 0 Å². The summed E-state index contributed by atoms with van der Waals surface area (Å²) in [5, 5.41) is 4.15. The molecule has 0 saturated carbocycles. The molecule has 0 spiro atoms. The Morgan fingerprint density at radius 3 is 2.37 bits per heavy atom. The van der Waals surface area contributed by atoms with Crippen LogP contribution >= 0.6 is 15.9 Å². The predicted octanol–water partition coefficient (Wildman–Crippen LogP) is 2.40. The van der Waals surface area contributed by atoms with Gasteiger partial charge in [0.15, 0.2) is 6.61 Å². The molecule has 0 aliphatic rings. The summed E-state index contributed by atoms with van der Waals surface area (Å²) in [5.41, 5.74) is 6.43. The number of benzene rings is 2. The first-order valence-corrected chi connectivity index (χ1v) is 8.94. The van der Waals surface area contributed by atoms with Gasteiger partial charge in [0.05, 0.1) is 12.1 Å². The number of amides is 2. The average molecular weight is 429 g/mol. The lowest BCUT2D eigenvalue weighted by Crippen LogP contribution is -2.44. The molecule has 2 amide bonds. The van der Waals surface area contributed by atoms with E-state index >= 15 is 0 Å². The number of hydrogen-bond acceptors (Lipinski definition) is 4. The molecule has 3 rings (SSSR count). The number of carbonyl (C=O) groups is 2. The third kappa shape index (κ3) is 5.68. The minimum Gasteiger partial charge on any atom is -0.484 e. The SMILES string of the molecule is O=C(COc1ccc(Br)cc1)NNC(=O)Cc1ccc(-n2cccn2)cc1. The maximum Gasteiger partial charge on any atom is 0.276 e. The van der Waals surface area contributed by atoms with E-state index in [0.29, 0.717) is 5.75 Å². The number of nitrogens with zero attached hydrogens (tertiary/aromatic N) is 2. The molecule has 0 bridgehead atoms. The molecule has 1 aromatic heterocycles. The number of hydrazine groups is 1. The summed E-state index contributed by atoms with van der Waals surface area (Å²) in [5.74, 6) is -0.198. The van der Waals surface area contributed by atoms with Gasteiger partial charge in [0.1, 0.15) is 5.75 Å². The van der Waals surface area contributed by atoms with Crippen molar-refractivity contribution in [3.8, 4) is 11.4 Å². The van der Waals surface area contributed by atoms with Crippen LogP contribution in [0.15, 0.2) is 71.5 Å². The summed E-state index contributed by atoms with van der Waals surface area (Å²) in [4.78, 5) is 23.7. The molecule has 3 aromatic rings. The molecule has 2 N–H and O–H groups in total. The molecule has 1 heterocycles. The molecule has 0 aliphatic carbocycles. The smallest absolute Gasteiger partial charge is 0.276 e. The Bertz CT molecular complexity index is 894. The van der Waals surface area contributed by atoms with Gasteiger partial charge in [-0.3, -0.25) is 20.4 Å². The van der Waals surface area contributed by atoms with Crippen LogP contribution in [0.2, 0.25) is 0 Å². The minimum atomic E-state index is -0.444. The van der Waals surface area contributed by atoms with E-state index < -0.39 is 5.91 Å². The predicted molar refractivity (Wildman–Crippen MR) is 103 cm³/mol. The second-order valence-corrected chi connectivity index (χ2v) is 6.55. The Balaban J connectivity index is 1.41. The van der Waals surface area contributed by atoms with Crippen molar-refractivity contribution in [2.24, 2.45) is 0 Å². The van der Waals surface area contributed by atoms with E-state index in [9.17, 15) is 9.59 Å². The average Bonchev–Trinajstić information content (AvgIpc) is 3.21. The van der Waals surface area contributed by atoms with Crippen molar-refractivity contribution in [1.29, 1.82) is 0 Å². The molecular weight excluding hydrogens is 412 g/mol. The molecule has 7 nitrogen and oxygen atoms in total. The second-order valence-electron chi connectivity index (χ2n) is 5.63. The van der Waals surface area contributed by atoms with Crippen molar-refractivity contribution < 1.29 is 14.3 Å². The summed E-state index contributed by atoms with van der Waals surface area (Å²) in [6.45, 7) is -0.194. The number of ether oxygens (including phenoxy) is 1. The van der Waals surface area contributed by atoms with Gasteiger partial charge in [0, 0.05) is 16.9 Å². The highest BCUT2D eigenvalue weighted by molar-refractivity contribution is 9.10. The summed E-state index contributed by atoms with van der Waals surface area (Å²) >= 11 is 3.32. The van der Waals surface area contributed by atoms with Crippen molar-refractivity contribution >= 4 is 27.7 Å². The lowest BCUT2D eigenvalue weighted by atomic mass is 10.1. The molecule has 2 aromatic carbocycles. The summed E-state index contributed by atoms with van der Waals surface area (Å²) in [7, 11) is 0. The first-order chi connectivity index (χ1) is 13.1. The van der Waals surface area contributed by atoms with Crippen molar-refractivity contribution in [3.05, 3.63) is 77.0 Å². The van der Waals surface area contributed by atoms with Crippen LogP contribution in [-0.4, -0.2) is 28.2 Å². The molecule has 27 heavy (non-hydrogen) atoms. The first-order valence-electron chi connectivity index (χ1n) is 8.15. The van der Waals surface area contributed by atoms with E-state index in [0.717, 1.165) is 15.7 Å². The van der Waals surface area contributed by atoms with Crippen molar-refractivity contribution in [1.82, 2.24) is 20.6 Å². The molecule has 0 saturated heterocycles. The zero-order valence-electron chi connectivity index (χ0n) is 14.3. The fraction of sp³-hybridized carbons (Fsp3) is 0.105. The zero-order valence-corrected chi connectivity index (χ0v) is 15.8. The Kier molecular flexibility index (Phi) is 6.22. The van der Waals surface area contributed by atoms with Gasteiger partial charge in [-0.05, 0) is 48.0 Å². The van der Waals surface area contributed by atoms with Gasteiger partial charge in [0.25, 0.3) is 5.91 Å². The quantitative estimate of drug-likeness (QED) is 0.590. The number of rotatable bonds is 6. The lowest BCUT2D eigenvalue weighted by Gasteiger charge is -2.09. The molecule has 0 fully saturated rings. The van der Waals surface area contributed by atoms with Crippen LogP contribution in [0.3, 0.4) is 0 Å². The van der Waals surface area contributed by atoms with Crippen LogP contribution in [0.1, 0.15) is 5.56 Å². The van der Waals surface area contributed by atoms with Crippen LogP contribution in [-0.2, 0) is 16.0 Å². The van der Waals surface area contributed by atoms with Crippen molar-refractivity contribution in [3.63, 3.8) is 0 Å². The van der Waals surface area contributed by atoms with Gasteiger partial charge in [-0.25, -0.2) is 4.68 Å². The van der Waals surface area contributed by atoms with Crippen LogP contribution in [0.5, 0.6) is 5.75 Å². The van der Waals surface area contributed by atoms with Gasteiger partial charge in [-0.2, -0.15) is 5.10 Å². The second kappa shape index (κ2) is 9.00. The Labute approximate surface area is 164 Å². The highest BCUT2D eigenvalue weighted by Gasteiger charge is 2.07.